The topological polar surface area (TPSA) is 30.5 Å². The first kappa shape index (κ1) is 16.2. The second kappa shape index (κ2) is 6.71. The number of ether oxygens (including phenoxy) is 2. The van der Waals surface area contributed by atoms with Crippen LogP contribution in [0.15, 0.2) is 18.2 Å². The van der Waals surface area contributed by atoms with Gasteiger partial charge in [-0.05, 0) is 45.9 Å². The van der Waals surface area contributed by atoms with Crippen LogP contribution in [0, 0.1) is 24.0 Å². The summed E-state index contributed by atoms with van der Waals surface area (Å²) in [6, 6.07) is 3.70. The standard InChI is InChI=1S/C16H22F2NO2/c1-16(2,3)21-14-9-11(7-8-19-14)10-20-15-12(17)5-4-6-13(15)18/h4-6,9,11,14,19H,7-8,10H2,1-3H3. The molecule has 1 radical (unpaired) electrons. The lowest BCUT2D eigenvalue weighted by molar-refractivity contribution is -0.0709. The highest BCUT2D eigenvalue weighted by Crippen LogP contribution is 2.24. The molecule has 0 amide bonds. The zero-order valence-corrected chi connectivity index (χ0v) is 12.7. The highest BCUT2D eigenvalue weighted by atomic mass is 19.1. The maximum absolute atomic E-state index is 13.5. The highest BCUT2D eigenvalue weighted by molar-refractivity contribution is 5.26. The van der Waals surface area contributed by atoms with Crippen molar-refractivity contribution in [2.45, 2.75) is 39.0 Å². The summed E-state index contributed by atoms with van der Waals surface area (Å²) in [6.07, 6.45) is 2.67. The predicted molar refractivity (Wildman–Crippen MR) is 76.9 cm³/mol. The number of rotatable bonds is 4. The summed E-state index contributed by atoms with van der Waals surface area (Å²) < 4.78 is 38.1. The summed E-state index contributed by atoms with van der Waals surface area (Å²) in [4.78, 5) is 0. The van der Waals surface area contributed by atoms with E-state index in [-0.39, 0.29) is 30.1 Å². The van der Waals surface area contributed by atoms with Gasteiger partial charge in [-0.15, -0.1) is 0 Å². The van der Waals surface area contributed by atoms with E-state index in [2.05, 4.69) is 5.32 Å². The van der Waals surface area contributed by atoms with Gasteiger partial charge in [0.25, 0.3) is 0 Å². The molecule has 0 aliphatic carbocycles. The van der Waals surface area contributed by atoms with E-state index in [1.54, 1.807) is 0 Å². The summed E-state index contributed by atoms with van der Waals surface area (Å²) in [6.45, 7) is 6.97. The van der Waals surface area contributed by atoms with Crippen molar-refractivity contribution in [3.8, 4) is 5.75 Å². The van der Waals surface area contributed by atoms with Gasteiger partial charge in [0.1, 0.15) is 6.23 Å². The number of para-hydroxylation sites is 1. The van der Waals surface area contributed by atoms with Gasteiger partial charge in [-0.3, -0.25) is 5.32 Å². The molecule has 3 nitrogen and oxygen atoms in total. The smallest absolute Gasteiger partial charge is 0.190 e. The summed E-state index contributed by atoms with van der Waals surface area (Å²) in [5.41, 5.74) is -0.255. The number of nitrogens with one attached hydrogen (secondary N) is 1. The molecule has 1 aromatic carbocycles. The van der Waals surface area contributed by atoms with Crippen LogP contribution in [-0.4, -0.2) is 25.0 Å². The molecule has 0 bridgehead atoms. The maximum atomic E-state index is 13.5. The van der Waals surface area contributed by atoms with Gasteiger partial charge in [0.05, 0.1) is 12.2 Å². The Hall–Kier alpha value is -1.20. The zero-order valence-electron chi connectivity index (χ0n) is 12.7. The van der Waals surface area contributed by atoms with E-state index in [1.807, 2.05) is 27.2 Å². The molecule has 1 heterocycles. The molecule has 2 atom stereocenters. The van der Waals surface area contributed by atoms with Gasteiger partial charge < -0.3 is 9.47 Å². The third-order valence-corrected chi connectivity index (χ3v) is 3.15. The van der Waals surface area contributed by atoms with Crippen molar-refractivity contribution < 1.29 is 18.3 Å². The normalized spacial score (nSPS) is 23.1. The second-order valence-corrected chi connectivity index (χ2v) is 6.21. The number of benzene rings is 1. The second-order valence-electron chi connectivity index (χ2n) is 6.21. The number of piperidine rings is 1. The van der Waals surface area contributed by atoms with Gasteiger partial charge in [0, 0.05) is 12.3 Å². The fourth-order valence-electron chi connectivity index (χ4n) is 2.23. The fraction of sp³-hybridized carbons (Fsp3) is 0.562. The van der Waals surface area contributed by atoms with Crippen molar-refractivity contribution in [1.82, 2.24) is 5.32 Å². The van der Waals surface area contributed by atoms with E-state index in [0.717, 1.165) is 13.0 Å². The van der Waals surface area contributed by atoms with Crippen LogP contribution in [-0.2, 0) is 4.74 Å². The van der Waals surface area contributed by atoms with Gasteiger partial charge in [-0.1, -0.05) is 6.07 Å². The predicted octanol–water partition coefficient (Wildman–Crippen LogP) is 3.30. The Labute approximate surface area is 124 Å². The molecule has 1 saturated heterocycles. The monoisotopic (exact) mass is 298 g/mol. The number of hydrogen-bond donors (Lipinski definition) is 1. The summed E-state index contributed by atoms with van der Waals surface area (Å²) >= 11 is 0. The average Bonchev–Trinajstić information content (AvgIpc) is 2.36. The lowest BCUT2D eigenvalue weighted by atomic mass is 9.97. The van der Waals surface area contributed by atoms with Gasteiger partial charge in [-0.2, -0.15) is 0 Å². The first-order valence-corrected chi connectivity index (χ1v) is 7.18. The van der Waals surface area contributed by atoms with Gasteiger partial charge in [0.15, 0.2) is 17.4 Å². The van der Waals surface area contributed by atoms with Crippen molar-refractivity contribution in [3.05, 3.63) is 36.3 Å². The van der Waals surface area contributed by atoms with Crippen LogP contribution in [0.1, 0.15) is 27.2 Å². The molecule has 1 aliphatic rings. The van der Waals surface area contributed by atoms with Crippen molar-refractivity contribution in [2.24, 2.45) is 5.92 Å². The SMILES string of the molecule is CC(C)(C)OC1[CH]C(COc2c(F)cccc2F)CCN1. The molecule has 117 valence electrons. The van der Waals surface area contributed by atoms with Crippen molar-refractivity contribution >= 4 is 0 Å². The van der Waals surface area contributed by atoms with Crippen LogP contribution < -0.4 is 10.1 Å². The van der Waals surface area contributed by atoms with E-state index < -0.39 is 11.6 Å². The summed E-state index contributed by atoms with van der Waals surface area (Å²) in [7, 11) is 0. The van der Waals surface area contributed by atoms with Crippen LogP contribution >= 0.6 is 0 Å². The van der Waals surface area contributed by atoms with E-state index in [4.69, 9.17) is 9.47 Å². The van der Waals surface area contributed by atoms with Crippen LogP contribution in [0.25, 0.3) is 0 Å². The number of hydrogen-bond acceptors (Lipinski definition) is 3. The third-order valence-electron chi connectivity index (χ3n) is 3.15. The quantitative estimate of drug-likeness (QED) is 0.925. The Balaban J connectivity index is 1.88. The van der Waals surface area contributed by atoms with E-state index in [1.165, 1.54) is 18.2 Å². The molecule has 2 unspecified atom stereocenters. The lowest BCUT2D eigenvalue weighted by Crippen LogP contribution is -2.45. The molecule has 0 spiro atoms. The minimum Gasteiger partial charge on any atom is -0.487 e. The molecule has 1 aromatic rings. The molecule has 21 heavy (non-hydrogen) atoms. The fourth-order valence-corrected chi connectivity index (χ4v) is 2.23. The Morgan fingerprint density at radius 3 is 2.52 bits per heavy atom. The maximum Gasteiger partial charge on any atom is 0.190 e. The third kappa shape index (κ3) is 4.93. The Bertz CT molecular complexity index is 454. The van der Waals surface area contributed by atoms with Crippen LogP contribution in [0.2, 0.25) is 0 Å². The van der Waals surface area contributed by atoms with Crippen LogP contribution in [0.3, 0.4) is 0 Å². The summed E-state index contributed by atoms with van der Waals surface area (Å²) in [5.74, 6) is -1.56. The molecule has 1 aliphatic heterocycles. The van der Waals surface area contributed by atoms with Crippen molar-refractivity contribution in [2.75, 3.05) is 13.2 Å². The molecule has 2 rings (SSSR count). The number of halogens is 2. The largest absolute Gasteiger partial charge is 0.487 e. The molecular formula is C16H22F2NO2. The van der Waals surface area contributed by atoms with Crippen LogP contribution in [0.4, 0.5) is 8.78 Å². The molecular weight excluding hydrogens is 276 g/mol. The lowest BCUT2D eigenvalue weighted by Gasteiger charge is -2.34. The van der Waals surface area contributed by atoms with E-state index in [0.29, 0.717) is 0 Å². The molecule has 0 aromatic heterocycles. The van der Waals surface area contributed by atoms with Crippen LogP contribution in [0.5, 0.6) is 5.75 Å². The van der Waals surface area contributed by atoms with Gasteiger partial charge in [0.2, 0.25) is 0 Å². The van der Waals surface area contributed by atoms with Crippen molar-refractivity contribution in [1.29, 1.82) is 0 Å². The van der Waals surface area contributed by atoms with Gasteiger partial charge >= 0.3 is 0 Å². The van der Waals surface area contributed by atoms with Gasteiger partial charge in [-0.25, -0.2) is 8.78 Å². The summed E-state index contributed by atoms with van der Waals surface area (Å²) in [5, 5.41) is 3.25. The Kier molecular flexibility index (Phi) is 5.17. The van der Waals surface area contributed by atoms with Crippen molar-refractivity contribution in [3.63, 3.8) is 0 Å². The Morgan fingerprint density at radius 1 is 1.24 bits per heavy atom. The van der Waals surface area contributed by atoms with E-state index >= 15 is 0 Å². The Morgan fingerprint density at radius 2 is 1.90 bits per heavy atom. The minimum absolute atomic E-state index is 0.0950. The van der Waals surface area contributed by atoms with E-state index in [9.17, 15) is 8.78 Å². The highest BCUT2D eigenvalue weighted by Gasteiger charge is 2.27. The zero-order chi connectivity index (χ0) is 15.5. The first-order valence-electron chi connectivity index (χ1n) is 7.18. The minimum atomic E-state index is -0.675. The molecule has 1 N–H and O–H groups in total. The first-order chi connectivity index (χ1) is 9.85. The molecule has 1 fully saturated rings. The average molecular weight is 298 g/mol. The molecule has 0 saturated carbocycles. The molecule has 5 heteroatoms.